The van der Waals surface area contributed by atoms with Crippen LogP contribution in [-0.4, -0.2) is 36.4 Å². The van der Waals surface area contributed by atoms with E-state index >= 15 is 0 Å². The van der Waals surface area contributed by atoms with Crippen molar-refractivity contribution in [2.45, 2.75) is 59.5 Å². The molecule has 1 aromatic rings. The van der Waals surface area contributed by atoms with Crippen LogP contribution in [0.3, 0.4) is 0 Å². The van der Waals surface area contributed by atoms with Crippen LogP contribution in [0.1, 0.15) is 53.0 Å². The predicted molar refractivity (Wildman–Crippen MR) is 126 cm³/mol. The van der Waals surface area contributed by atoms with Crippen LogP contribution in [0.25, 0.3) is 0 Å². The lowest BCUT2D eigenvalue weighted by atomic mass is 10.1. The highest BCUT2D eigenvalue weighted by Gasteiger charge is 2.13. The number of amides is 2. The van der Waals surface area contributed by atoms with Crippen molar-refractivity contribution >= 4 is 47.4 Å². The number of hydrogen-bond donors (Lipinski definition) is 4. The molecule has 0 spiro atoms. The lowest BCUT2D eigenvalue weighted by molar-refractivity contribution is -0.121. The number of nitrogens with one attached hydrogen (secondary N) is 4. The van der Waals surface area contributed by atoms with Gasteiger partial charge in [0.05, 0.1) is 13.1 Å². The van der Waals surface area contributed by atoms with Gasteiger partial charge >= 0.3 is 0 Å². The Bertz CT molecular complexity index is 639. The Labute approximate surface area is 185 Å². The molecule has 2 amide bonds. The minimum Gasteiger partial charge on any atom is -0.357 e. The normalized spacial score (nSPS) is 11.2. The zero-order chi connectivity index (χ0) is 20.3. The van der Waals surface area contributed by atoms with Gasteiger partial charge < -0.3 is 21.3 Å². The lowest BCUT2D eigenvalue weighted by Gasteiger charge is -2.21. The first-order valence-electron chi connectivity index (χ1n) is 9.45. The number of halogens is 1. The molecule has 0 atom stereocenters. The maximum Gasteiger partial charge on any atom is 0.239 e. The Morgan fingerprint density at radius 2 is 1.64 bits per heavy atom. The summed E-state index contributed by atoms with van der Waals surface area (Å²) in [5.74, 6) is 0.526. The molecule has 158 valence electrons. The van der Waals surface area contributed by atoms with Gasteiger partial charge in [0.25, 0.3) is 0 Å². The van der Waals surface area contributed by atoms with E-state index in [1.807, 2.05) is 58.9 Å². The number of hydrogen-bond acceptors (Lipinski definition) is 3. The first-order valence-corrected chi connectivity index (χ1v) is 9.45. The molecule has 7 nitrogen and oxygen atoms in total. The van der Waals surface area contributed by atoms with E-state index in [4.69, 9.17) is 0 Å². The summed E-state index contributed by atoms with van der Waals surface area (Å²) in [5, 5.41) is 11.9. The minimum absolute atomic E-state index is 0. The van der Waals surface area contributed by atoms with Gasteiger partial charge in [0.1, 0.15) is 0 Å². The van der Waals surface area contributed by atoms with Gasteiger partial charge in [-0.05, 0) is 51.8 Å². The van der Waals surface area contributed by atoms with Gasteiger partial charge in [-0.15, -0.1) is 24.0 Å². The van der Waals surface area contributed by atoms with Crippen molar-refractivity contribution < 1.29 is 9.59 Å². The van der Waals surface area contributed by atoms with Gasteiger partial charge in [0.2, 0.25) is 11.8 Å². The van der Waals surface area contributed by atoms with Crippen LogP contribution in [0.4, 0.5) is 5.69 Å². The number of benzene rings is 1. The summed E-state index contributed by atoms with van der Waals surface area (Å²) in [7, 11) is 0. The van der Waals surface area contributed by atoms with E-state index in [2.05, 4.69) is 26.3 Å². The number of carbonyl (C=O) groups is 2. The molecule has 0 aliphatic heterocycles. The van der Waals surface area contributed by atoms with E-state index in [1.165, 1.54) is 0 Å². The first kappa shape index (κ1) is 26.2. The molecule has 1 rings (SSSR count). The van der Waals surface area contributed by atoms with E-state index in [1.54, 1.807) is 0 Å². The van der Waals surface area contributed by atoms with Gasteiger partial charge in [-0.2, -0.15) is 0 Å². The van der Waals surface area contributed by atoms with Crippen molar-refractivity contribution in [3.63, 3.8) is 0 Å². The van der Waals surface area contributed by atoms with E-state index < -0.39 is 0 Å². The van der Waals surface area contributed by atoms with Gasteiger partial charge in [0.15, 0.2) is 5.96 Å². The first-order chi connectivity index (χ1) is 12.7. The lowest BCUT2D eigenvalue weighted by Crippen LogP contribution is -2.48. The number of rotatable bonds is 8. The summed E-state index contributed by atoms with van der Waals surface area (Å²) in [6, 6.07) is 7.60. The highest BCUT2D eigenvalue weighted by atomic mass is 127. The minimum atomic E-state index is -0.261. The molecule has 1 aromatic carbocycles. The highest BCUT2D eigenvalue weighted by molar-refractivity contribution is 14.0. The molecular weight excluding hydrogens is 469 g/mol. The third-order valence-corrected chi connectivity index (χ3v) is 3.41. The largest absolute Gasteiger partial charge is 0.357 e. The van der Waals surface area contributed by atoms with Crippen molar-refractivity contribution in [3.05, 3.63) is 29.8 Å². The second-order valence-electron chi connectivity index (χ2n) is 7.34. The standard InChI is InChI=1S/C20H33N5O2.HI/c1-6-8-17(26)24-16-11-9-15(10-12-16)13-22-19(21-7-2)23-14-18(27)25-20(3,4)5;/h9-12H,6-8,13-14H2,1-5H3,(H,24,26)(H,25,27)(H2,21,22,23);1H. The van der Waals surface area contributed by atoms with Crippen LogP contribution in [0, 0.1) is 0 Å². The summed E-state index contributed by atoms with van der Waals surface area (Å²) < 4.78 is 0. The Balaban J connectivity index is 0.00000729. The van der Waals surface area contributed by atoms with Crippen LogP contribution < -0.4 is 21.3 Å². The molecule has 0 radical (unpaired) electrons. The molecule has 28 heavy (non-hydrogen) atoms. The number of guanidine groups is 1. The van der Waals surface area contributed by atoms with E-state index in [-0.39, 0.29) is 47.9 Å². The van der Waals surface area contributed by atoms with Crippen molar-refractivity contribution in [2.75, 3.05) is 18.4 Å². The van der Waals surface area contributed by atoms with Crippen LogP contribution in [0.2, 0.25) is 0 Å². The maximum absolute atomic E-state index is 11.9. The zero-order valence-electron chi connectivity index (χ0n) is 17.5. The monoisotopic (exact) mass is 503 g/mol. The molecule has 4 N–H and O–H groups in total. The predicted octanol–water partition coefficient (Wildman–Crippen LogP) is 3.01. The van der Waals surface area contributed by atoms with Crippen molar-refractivity contribution in [1.29, 1.82) is 0 Å². The Hall–Kier alpha value is -1.84. The number of aliphatic imine (C=N–C) groups is 1. The molecule has 0 bridgehead atoms. The van der Waals surface area contributed by atoms with E-state index in [9.17, 15) is 9.59 Å². The molecular formula is C20H34IN5O2. The SMILES string of the molecule is CCCC(=O)Nc1ccc(CN=C(NCC)NCC(=O)NC(C)(C)C)cc1.I. The average molecular weight is 503 g/mol. The molecule has 0 aliphatic carbocycles. The summed E-state index contributed by atoms with van der Waals surface area (Å²) in [4.78, 5) is 28.0. The van der Waals surface area contributed by atoms with Crippen LogP contribution >= 0.6 is 24.0 Å². The number of anilines is 1. The summed E-state index contributed by atoms with van der Waals surface area (Å²) in [5.41, 5.74) is 1.53. The topological polar surface area (TPSA) is 94.6 Å². The zero-order valence-corrected chi connectivity index (χ0v) is 19.8. The van der Waals surface area contributed by atoms with Crippen LogP contribution in [-0.2, 0) is 16.1 Å². The van der Waals surface area contributed by atoms with Gasteiger partial charge in [-0.3, -0.25) is 9.59 Å². The molecule has 0 aliphatic rings. The average Bonchev–Trinajstić information content (AvgIpc) is 2.57. The number of carbonyl (C=O) groups excluding carboxylic acids is 2. The second kappa shape index (κ2) is 13.4. The second-order valence-corrected chi connectivity index (χ2v) is 7.34. The fourth-order valence-corrected chi connectivity index (χ4v) is 2.28. The molecule has 8 heteroatoms. The molecule has 0 unspecified atom stereocenters. The van der Waals surface area contributed by atoms with Gasteiger partial charge in [-0.1, -0.05) is 19.1 Å². The molecule has 0 heterocycles. The molecule has 0 aromatic heterocycles. The van der Waals surface area contributed by atoms with Crippen LogP contribution in [0.5, 0.6) is 0 Å². The Kier molecular flexibility index (Phi) is 12.5. The van der Waals surface area contributed by atoms with Crippen LogP contribution in [0.15, 0.2) is 29.3 Å². The Morgan fingerprint density at radius 1 is 1.00 bits per heavy atom. The fraction of sp³-hybridized carbons (Fsp3) is 0.550. The third kappa shape index (κ3) is 11.8. The number of nitrogens with zero attached hydrogens (tertiary/aromatic N) is 1. The summed E-state index contributed by atoms with van der Waals surface area (Å²) in [6.07, 6.45) is 1.35. The van der Waals surface area contributed by atoms with E-state index in [0.717, 1.165) is 17.7 Å². The van der Waals surface area contributed by atoms with Gasteiger partial charge in [0, 0.05) is 24.2 Å². The van der Waals surface area contributed by atoms with Gasteiger partial charge in [-0.25, -0.2) is 4.99 Å². The quantitative estimate of drug-likeness (QED) is 0.249. The smallest absolute Gasteiger partial charge is 0.239 e. The maximum atomic E-state index is 11.9. The highest BCUT2D eigenvalue weighted by Crippen LogP contribution is 2.11. The molecule has 0 saturated heterocycles. The van der Waals surface area contributed by atoms with Crippen molar-refractivity contribution in [2.24, 2.45) is 4.99 Å². The molecule has 0 saturated carbocycles. The van der Waals surface area contributed by atoms with Crippen molar-refractivity contribution in [3.8, 4) is 0 Å². The summed E-state index contributed by atoms with van der Waals surface area (Å²) >= 11 is 0. The third-order valence-electron chi connectivity index (χ3n) is 3.41. The fourth-order valence-electron chi connectivity index (χ4n) is 2.28. The summed E-state index contributed by atoms with van der Waals surface area (Å²) in [6.45, 7) is 11.1. The molecule has 0 fully saturated rings. The Morgan fingerprint density at radius 3 is 2.18 bits per heavy atom. The van der Waals surface area contributed by atoms with Crippen molar-refractivity contribution in [1.82, 2.24) is 16.0 Å². The van der Waals surface area contributed by atoms with E-state index in [0.29, 0.717) is 25.5 Å².